The van der Waals surface area contributed by atoms with Crippen LogP contribution in [0.2, 0.25) is 0 Å². The average molecular weight is 221 g/mol. The smallest absolute Gasteiger partial charge is 0.119 e. The number of benzene rings is 1. The SMILES string of the molecule is CCC(C)c1ccc(OC(C)C(C)N)cc1. The molecular formula is C14H23NO. The Kier molecular flexibility index (Phi) is 4.81. The van der Waals surface area contributed by atoms with Crippen molar-refractivity contribution >= 4 is 0 Å². The van der Waals surface area contributed by atoms with E-state index in [1.54, 1.807) is 0 Å². The van der Waals surface area contributed by atoms with Crippen LogP contribution < -0.4 is 10.5 Å². The van der Waals surface area contributed by atoms with Gasteiger partial charge in [0.05, 0.1) is 0 Å². The van der Waals surface area contributed by atoms with Gasteiger partial charge in [0.15, 0.2) is 0 Å². The summed E-state index contributed by atoms with van der Waals surface area (Å²) in [6, 6.07) is 8.38. The van der Waals surface area contributed by atoms with E-state index < -0.39 is 0 Å². The van der Waals surface area contributed by atoms with E-state index in [1.807, 2.05) is 26.0 Å². The minimum absolute atomic E-state index is 0.0502. The van der Waals surface area contributed by atoms with Crippen LogP contribution in [0.1, 0.15) is 45.6 Å². The summed E-state index contributed by atoms with van der Waals surface area (Å²) in [5, 5.41) is 0. The Hall–Kier alpha value is -1.02. The molecule has 1 rings (SSSR count). The van der Waals surface area contributed by atoms with Gasteiger partial charge in [0, 0.05) is 6.04 Å². The third-order valence-corrected chi connectivity index (χ3v) is 3.12. The second-order valence-corrected chi connectivity index (χ2v) is 4.56. The third-order valence-electron chi connectivity index (χ3n) is 3.12. The normalized spacial score (nSPS) is 16.6. The largest absolute Gasteiger partial charge is 0.489 e. The van der Waals surface area contributed by atoms with Crippen LogP contribution in [0.15, 0.2) is 24.3 Å². The highest BCUT2D eigenvalue weighted by atomic mass is 16.5. The molecule has 0 bridgehead atoms. The van der Waals surface area contributed by atoms with Crippen molar-refractivity contribution < 1.29 is 4.74 Å². The summed E-state index contributed by atoms with van der Waals surface area (Å²) < 4.78 is 5.72. The van der Waals surface area contributed by atoms with Crippen molar-refractivity contribution in [3.8, 4) is 5.75 Å². The molecule has 0 radical (unpaired) electrons. The highest BCUT2D eigenvalue weighted by Crippen LogP contribution is 2.22. The van der Waals surface area contributed by atoms with Crippen LogP contribution in [0.5, 0.6) is 5.75 Å². The molecule has 3 atom stereocenters. The lowest BCUT2D eigenvalue weighted by molar-refractivity contribution is 0.196. The first kappa shape index (κ1) is 13.0. The number of rotatable bonds is 5. The summed E-state index contributed by atoms with van der Waals surface area (Å²) in [7, 11) is 0. The van der Waals surface area contributed by atoms with Crippen molar-refractivity contribution in [1.29, 1.82) is 0 Å². The summed E-state index contributed by atoms with van der Waals surface area (Å²) >= 11 is 0. The van der Waals surface area contributed by atoms with Crippen LogP contribution in [0.25, 0.3) is 0 Å². The average Bonchev–Trinajstić information content (AvgIpc) is 2.28. The molecule has 1 aromatic carbocycles. The Morgan fingerprint density at radius 1 is 1.12 bits per heavy atom. The molecule has 2 heteroatoms. The Morgan fingerprint density at radius 2 is 1.69 bits per heavy atom. The van der Waals surface area contributed by atoms with Crippen molar-refractivity contribution in [2.45, 2.75) is 52.2 Å². The van der Waals surface area contributed by atoms with Crippen molar-refractivity contribution in [2.24, 2.45) is 5.73 Å². The van der Waals surface area contributed by atoms with Gasteiger partial charge in [-0.3, -0.25) is 0 Å². The highest BCUT2D eigenvalue weighted by Gasteiger charge is 2.09. The van der Waals surface area contributed by atoms with E-state index >= 15 is 0 Å². The molecular weight excluding hydrogens is 198 g/mol. The van der Waals surface area contributed by atoms with Crippen molar-refractivity contribution in [3.63, 3.8) is 0 Å². The Bertz CT molecular complexity index is 305. The summed E-state index contributed by atoms with van der Waals surface area (Å²) in [4.78, 5) is 0. The monoisotopic (exact) mass is 221 g/mol. The minimum Gasteiger partial charge on any atom is -0.489 e. The maximum atomic E-state index is 5.76. The van der Waals surface area contributed by atoms with Crippen LogP contribution in [-0.2, 0) is 0 Å². The van der Waals surface area contributed by atoms with Crippen LogP contribution >= 0.6 is 0 Å². The number of hydrogen-bond donors (Lipinski definition) is 1. The van der Waals surface area contributed by atoms with Crippen LogP contribution in [0.4, 0.5) is 0 Å². The molecule has 0 amide bonds. The molecule has 90 valence electrons. The summed E-state index contributed by atoms with van der Waals surface area (Å²) in [5.41, 5.74) is 7.12. The molecule has 3 unspecified atom stereocenters. The molecule has 2 N–H and O–H groups in total. The fourth-order valence-electron chi connectivity index (χ4n) is 1.43. The molecule has 0 aliphatic rings. The molecule has 16 heavy (non-hydrogen) atoms. The maximum absolute atomic E-state index is 5.76. The molecule has 1 aromatic rings. The third kappa shape index (κ3) is 3.53. The zero-order valence-corrected chi connectivity index (χ0v) is 10.7. The second-order valence-electron chi connectivity index (χ2n) is 4.56. The molecule has 0 fully saturated rings. The Balaban J connectivity index is 2.64. The predicted octanol–water partition coefficient (Wildman–Crippen LogP) is 3.31. The van der Waals surface area contributed by atoms with Crippen LogP contribution in [-0.4, -0.2) is 12.1 Å². The van der Waals surface area contributed by atoms with Gasteiger partial charge in [-0.1, -0.05) is 26.0 Å². The number of ether oxygens (including phenoxy) is 1. The van der Waals surface area contributed by atoms with Gasteiger partial charge in [-0.05, 0) is 43.9 Å². The second kappa shape index (κ2) is 5.90. The first-order chi connectivity index (χ1) is 7.54. The first-order valence-corrected chi connectivity index (χ1v) is 6.06. The lowest BCUT2D eigenvalue weighted by Crippen LogP contribution is -2.33. The zero-order valence-electron chi connectivity index (χ0n) is 10.7. The predicted molar refractivity (Wildman–Crippen MR) is 68.9 cm³/mol. The van der Waals surface area contributed by atoms with E-state index in [9.17, 15) is 0 Å². The highest BCUT2D eigenvalue weighted by molar-refractivity contribution is 5.29. The van der Waals surface area contributed by atoms with Gasteiger partial charge in [-0.15, -0.1) is 0 Å². The molecule has 0 aliphatic heterocycles. The van der Waals surface area contributed by atoms with E-state index in [-0.39, 0.29) is 12.1 Å². The van der Waals surface area contributed by atoms with Gasteiger partial charge in [-0.2, -0.15) is 0 Å². The molecule has 0 aliphatic carbocycles. The Morgan fingerprint density at radius 3 is 2.12 bits per heavy atom. The standard InChI is InChI=1S/C14H23NO/c1-5-10(2)13-6-8-14(9-7-13)16-12(4)11(3)15/h6-12H,5,15H2,1-4H3. The van der Waals surface area contributed by atoms with E-state index in [0.717, 1.165) is 12.2 Å². The Labute approximate surface area is 98.8 Å². The lowest BCUT2D eigenvalue weighted by Gasteiger charge is -2.18. The molecule has 0 spiro atoms. The van der Waals surface area contributed by atoms with E-state index in [4.69, 9.17) is 10.5 Å². The first-order valence-electron chi connectivity index (χ1n) is 6.06. The van der Waals surface area contributed by atoms with E-state index in [2.05, 4.69) is 26.0 Å². The quantitative estimate of drug-likeness (QED) is 0.828. The number of hydrogen-bond acceptors (Lipinski definition) is 2. The van der Waals surface area contributed by atoms with E-state index in [0.29, 0.717) is 5.92 Å². The lowest BCUT2D eigenvalue weighted by atomic mass is 9.99. The van der Waals surface area contributed by atoms with Gasteiger partial charge < -0.3 is 10.5 Å². The fourth-order valence-corrected chi connectivity index (χ4v) is 1.43. The van der Waals surface area contributed by atoms with Crippen molar-refractivity contribution in [1.82, 2.24) is 0 Å². The molecule has 0 saturated carbocycles. The number of nitrogens with two attached hydrogens (primary N) is 1. The van der Waals surface area contributed by atoms with Crippen LogP contribution in [0, 0.1) is 0 Å². The maximum Gasteiger partial charge on any atom is 0.119 e. The van der Waals surface area contributed by atoms with E-state index in [1.165, 1.54) is 5.56 Å². The molecule has 2 nitrogen and oxygen atoms in total. The molecule has 0 aromatic heterocycles. The molecule has 0 saturated heterocycles. The molecule has 0 heterocycles. The summed E-state index contributed by atoms with van der Waals surface area (Å²) in [5.74, 6) is 1.51. The van der Waals surface area contributed by atoms with Gasteiger partial charge in [-0.25, -0.2) is 0 Å². The minimum atomic E-state index is 0.0502. The zero-order chi connectivity index (χ0) is 12.1. The van der Waals surface area contributed by atoms with Gasteiger partial charge in [0.1, 0.15) is 11.9 Å². The summed E-state index contributed by atoms with van der Waals surface area (Å²) in [6.07, 6.45) is 1.21. The fraction of sp³-hybridized carbons (Fsp3) is 0.571. The van der Waals surface area contributed by atoms with Crippen LogP contribution in [0.3, 0.4) is 0 Å². The van der Waals surface area contributed by atoms with Gasteiger partial charge in [0.25, 0.3) is 0 Å². The summed E-state index contributed by atoms with van der Waals surface area (Å²) in [6.45, 7) is 8.39. The van der Waals surface area contributed by atoms with Gasteiger partial charge >= 0.3 is 0 Å². The van der Waals surface area contributed by atoms with Crippen molar-refractivity contribution in [3.05, 3.63) is 29.8 Å². The topological polar surface area (TPSA) is 35.2 Å². The van der Waals surface area contributed by atoms with Crippen molar-refractivity contribution in [2.75, 3.05) is 0 Å². The van der Waals surface area contributed by atoms with Gasteiger partial charge in [0.2, 0.25) is 0 Å².